The maximum absolute atomic E-state index is 13.9. The molecule has 0 atom stereocenters. The molecule has 4 aromatic rings. The van der Waals surface area contributed by atoms with Crippen molar-refractivity contribution in [3.8, 4) is 22.8 Å². The normalized spacial score (nSPS) is 12.1. The van der Waals surface area contributed by atoms with Gasteiger partial charge in [0, 0.05) is 11.5 Å². The Labute approximate surface area is 148 Å². The Morgan fingerprint density at radius 3 is 2.69 bits per heavy atom. The number of hydrogen-bond donors (Lipinski definition) is 1. The van der Waals surface area contributed by atoms with Crippen LogP contribution < -0.4 is 14.4 Å². The molecule has 1 N–H and O–H groups in total. The minimum absolute atomic E-state index is 0.322. The second-order valence-electron chi connectivity index (χ2n) is 6.39. The van der Waals surface area contributed by atoms with E-state index >= 15 is 0 Å². The third-order valence-corrected chi connectivity index (χ3v) is 4.93. The highest BCUT2D eigenvalue weighted by Crippen LogP contribution is 2.46. The van der Waals surface area contributed by atoms with Crippen LogP contribution in [0.4, 0.5) is 4.39 Å². The van der Waals surface area contributed by atoms with Crippen LogP contribution in [0.15, 0.2) is 54.6 Å². The van der Waals surface area contributed by atoms with Crippen molar-refractivity contribution in [1.82, 2.24) is 0 Å². The zero-order valence-corrected chi connectivity index (χ0v) is 13.8. The Morgan fingerprint density at radius 1 is 1.04 bits per heavy atom. The number of hydrogen-bond acceptors (Lipinski definition) is 3. The lowest BCUT2D eigenvalue weighted by Crippen LogP contribution is -2.33. The molecule has 2 heterocycles. The van der Waals surface area contributed by atoms with Crippen LogP contribution in [0.3, 0.4) is 0 Å². The highest BCUT2D eigenvalue weighted by atomic mass is 19.1. The molecule has 0 unspecified atom stereocenters. The van der Waals surface area contributed by atoms with Gasteiger partial charge in [-0.1, -0.05) is 18.2 Å². The maximum atomic E-state index is 13.9. The quantitative estimate of drug-likeness (QED) is 0.219. The molecular weight excluding hydrogens is 331 g/mol. The van der Waals surface area contributed by atoms with Crippen LogP contribution >= 0.6 is 0 Å². The molecule has 126 valence electrons. The molecule has 0 amide bonds. The first kappa shape index (κ1) is 14.8. The summed E-state index contributed by atoms with van der Waals surface area (Å²) in [5.74, 6) is 0.239. The fourth-order valence-electron chi connectivity index (χ4n) is 3.76. The first-order chi connectivity index (χ1) is 12.5. The fourth-order valence-corrected chi connectivity index (χ4v) is 3.76. The van der Waals surface area contributed by atoms with Crippen LogP contribution in [0.2, 0.25) is 0 Å². The van der Waals surface area contributed by atoms with Gasteiger partial charge in [0.2, 0.25) is 11.2 Å². The highest BCUT2D eigenvalue weighted by molar-refractivity contribution is 6.13. The average molecular weight is 344 g/mol. The summed E-state index contributed by atoms with van der Waals surface area (Å²) in [6.45, 7) is 0. The van der Waals surface area contributed by atoms with Crippen molar-refractivity contribution >= 4 is 27.6 Å². The number of fused-ring (bicyclic) bond motifs is 4. The topological polar surface area (TPSA) is 60.0 Å². The second kappa shape index (κ2) is 5.02. The maximum Gasteiger partial charge on any atom is 0.228 e. The number of nitrogens with one attached hydrogen (secondary N) is 1. The van der Waals surface area contributed by atoms with Crippen LogP contribution in [-0.4, -0.2) is 5.90 Å². The molecule has 5 rings (SSSR count). The summed E-state index contributed by atoms with van der Waals surface area (Å²) in [4.78, 5) is 0. The molecule has 26 heavy (non-hydrogen) atoms. The van der Waals surface area contributed by atoms with Crippen molar-refractivity contribution in [3.63, 3.8) is 0 Å². The number of benzene rings is 3. The van der Waals surface area contributed by atoms with E-state index in [9.17, 15) is 9.50 Å². The standard InChI is InChI=1S/C21H13FN2O2/c1-24-16-9-11(21(23)25)5-7-13(16)14-3-2-4-18-19(14)20(24)15-10-12(22)6-8-17(15)26-18/h2-10H,1H3,(H-,23,25). The summed E-state index contributed by atoms with van der Waals surface area (Å²) < 4.78 is 21.9. The largest absolute Gasteiger partial charge is 0.859 e. The molecule has 4 nitrogen and oxygen atoms in total. The van der Waals surface area contributed by atoms with Gasteiger partial charge in [-0.3, -0.25) is 0 Å². The molecule has 0 bridgehead atoms. The van der Waals surface area contributed by atoms with Crippen molar-refractivity contribution in [2.45, 2.75) is 0 Å². The average Bonchev–Trinajstić information content (AvgIpc) is 2.64. The van der Waals surface area contributed by atoms with Crippen molar-refractivity contribution in [3.05, 3.63) is 66.0 Å². The first-order valence-corrected chi connectivity index (χ1v) is 8.17. The van der Waals surface area contributed by atoms with Crippen molar-refractivity contribution in [1.29, 1.82) is 5.41 Å². The molecule has 0 fully saturated rings. The Morgan fingerprint density at radius 2 is 1.88 bits per heavy atom. The van der Waals surface area contributed by atoms with Crippen molar-refractivity contribution in [2.24, 2.45) is 7.05 Å². The fraction of sp³-hybridized carbons (Fsp3) is 0.0476. The summed E-state index contributed by atoms with van der Waals surface area (Å²) in [7, 11) is 1.88. The van der Waals surface area contributed by atoms with Gasteiger partial charge in [-0.15, -0.1) is 0 Å². The van der Waals surface area contributed by atoms with E-state index < -0.39 is 5.90 Å². The summed E-state index contributed by atoms with van der Waals surface area (Å²) in [6, 6.07) is 15.5. The number of pyridine rings is 1. The summed E-state index contributed by atoms with van der Waals surface area (Å²) >= 11 is 0. The van der Waals surface area contributed by atoms with E-state index in [1.54, 1.807) is 18.2 Å². The van der Waals surface area contributed by atoms with Gasteiger partial charge in [0.1, 0.15) is 24.4 Å². The smallest absolute Gasteiger partial charge is 0.228 e. The lowest BCUT2D eigenvalue weighted by atomic mass is 9.95. The monoisotopic (exact) mass is 344 g/mol. The van der Waals surface area contributed by atoms with E-state index in [4.69, 9.17) is 10.1 Å². The third-order valence-electron chi connectivity index (χ3n) is 4.93. The molecule has 0 radical (unpaired) electrons. The van der Waals surface area contributed by atoms with Crippen LogP contribution in [0.5, 0.6) is 11.5 Å². The number of aromatic nitrogens is 1. The molecular formula is C21H13FN2O2. The van der Waals surface area contributed by atoms with Crippen molar-refractivity contribution in [2.75, 3.05) is 0 Å². The minimum Gasteiger partial charge on any atom is -0.859 e. The van der Waals surface area contributed by atoms with Crippen molar-refractivity contribution < 1.29 is 18.8 Å². The molecule has 0 aliphatic carbocycles. The molecule has 3 aromatic carbocycles. The van der Waals surface area contributed by atoms with Crippen LogP contribution in [0.1, 0.15) is 5.56 Å². The number of halogens is 1. The third kappa shape index (κ3) is 1.88. The minimum atomic E-state index is -0.732. The van der Waals surface area contributed by atoms with Gasteiger partial charge >= 0.3 is 0 Å². The molecule has 0 saturated heterocycles. The summed E-state index contributed by atoms with van der Waals surface area (Å²) in [5, 5.41) is 21.7. The first-order valence-electron chi connectivity index (χ1n) is 8.17. The van der Waals surface area contributed by atoms with Gasteiger partial charge < -0.3 is 15.3 Å². The number of rotatable bonds is 1. The molecule has 1 aliphatic heterocycles. The van der Waals surface area contributed by atoms with Gasteiger partial charge in [0.25, 0.3) is 0 Å². The highest BCUT2D eigenvalue weighted by Gasteiger charge is 2.30. The Bertz CT molecular complexity index is 1260. The zero-order valence-electron chi connectivity index (χ0n) is 13.8. The van der Waals surface area contributed by atoms with Gasteiger partial charge in [-0.25, -0.2) is 4.39 Å². The Hall–Kier alpha value is -3.47. The molecule has 1 aromatic heterocycles. The molecule has 0 saturated carbocycles. The second-order valence-corrected chi connectivity index (χ2v) is 6.39. The van der Waals surface area contributed by atoms with E-state index in [-0.39, 0.29) is 5.82 Å². The molecule has 1 aliphatic rings. The van der Waals surface area contributed by atoms with E-state index in [1.165, 1.54) is 12.1 Å². The van der Waals surface area contributed by atoms with Gasteiger partial charge in [-0.2, -0.15) is 4.57 Å². The van der Waals surface area contributed by atoms with Crippen LogP contribution in [0, 0.1) is 11.2 Å². The summed E-state index contributed by atoms with van der Waals surface area (Å²) in [6.07, 6.45) is 0. The lowest BCUT2D eigenvalue weighted by molar-refractivity contribution is -0.632. The van der Waals surface area contributed by atoms with Crippen LogP contribution in [0.25, 0.3) is 32.9 Å². The van der Waals surface area contributed by atoms with Crippen LogP contribution in [-0.2, 0) is 7.05 Å². The number of nitrogens with zero attached hydrogens (tertiary/aromatic N) is 1. The van der Waals surface area contributed by atoms with E-state index in [0.717, 1.165) is 33.1 Å². The number of aryl methyl sites for hydroxylation is 1. The van der Waals surface area contributed by atoms with Gasteiger partial charge in [-0.05, 0) is 41.8 Å². The van der Waals surface area contributed by atoms with E-state index in [1.807, 2.05) is 35.9 Å². The SMILES string of the molecule is C[n+]1c2c3c(cccc3c3ccc(C(=N)[O-])cc31)Oc1ccc(F)cc1-2. The molecule has 0 spiro atoms. The Balaban J connectivity index is 2.02. The predicted octanol–water partition coefficient (Wildman–Crippen LogP) is 3.41. The molecule has 5 heteroatoms. The summed E-state index contributed by atoms with van der Waals surface area (Å²) in [5.41, 5.74) is 2.63. The lowest BCUT2D eigenvalue weighted by Gasteiger charge is -2.20. The zero-order chi connectivity index (χ0) is 18.0. The Kier molecular flexibility index (Phi) is 2.86. The van der Waals surface area contributed by atoms with E-state index in [0.29, 0.717) is 16.9 Å². The predicted molar refractivity (Wildman–Crippen MR) is 94.9 cm³/mol. The van der Waals surface area contributed by atoms with Gasteiger partial charge in [0.15, 0.2) is 0 Å². The van der Waals surface area contributed by atoms with Gasteiger partial charge in [0.05, 0.1) is 16.3 Å². The number of ether oxygens (including phenoxy) is 1. The van der Waals surface area contributed by atoms with E-state index in [2.05, 4.69) is 0 Å².